The van der Waals surface area contributed by atoms with E-state index in [0.717, 1.165) is 37.9 Å². The van der Waals surface area contributed by atoms with Gasteiger partial charge in [0.1, 0.15) is 0 Å². The highest BCUT2D eigenvalue weighted by molar-refractivity contribution is 7.85. The Hall–Kier alpha value is -2.42. The number of hydrogen-bond donors (Lipinski definition) is 3. The largest absolute Gasteiger partial charge is 0.450 e. The highest BCUT2D eigenvalue weighted by Gasteiger charge is 2.34. The molecule has 1 saturated heterocycles. The third-order valence-electron chi connectivity index (χ3n) is 4.91. The summed E-state index contributed by atoms with van der Waals surface area (Å²) < 4.78 is 34.6. The van der Waals surface area contributed by atoms with Gasteiger partial charge in [0.2, 0.25) is 0 Å². The average molecular weight is 435 g/mol. The van der Waals surface area contributed by atoms with Crippen LogP contribution < -0.4 is 10.6 Å². The number of aryl methyl sites for hydroxylation is 1. The first-order valence-corrected chi connectivity index (χ1v) is 11.4. The van der Waals surface area contributed by atoms with E-state index in [1.807, 2.05) is 32.0 Å². The lowest BCUT2D eigenvalue weighted by atomic mass is 9.82. The van der Waals surface area contributed by atoms with Gasteiger partial charge in [-0.1, -0.05) is 48.0 Å². The van der Waals surface area contributed by atoms with Gasteiger partial charge in [-0.05, 0) is 63.9 Å². The monoisotopic (exact) mass is 434 g/mol. The fourth-order valence-electron chi connectivity index (χ4n) is 3.33. The summed E-state index contributed by atoms with van der Waals surface area (Å²) in [5, 5.41) is 6.42. The average Bonchev–Trinajstić information content (AvgIpc) is 2.69. The molecule has 1 heterocycles. The molecule has 0 bridgehead atoms. The minimum absolute atomic E-state index is 0.0666. The van der Waals surface area contributed by atoms with Crippen LogP contribution in [0.25, 0.3) is 0 Å². The molecule has 3 N–H and O–H groups in total. The molecule has 0 spiro atoms. The fraction of sp³-hybridized carbons (Fsp3) is 0.409. The van der Waals surface area contributed by atoms with Crippen LogP contribution in [-0.2, 0) is 21.3 Å². The lowest BCUT2D eigenvalue weighted by Crippen LogP contribution is -2.56. The Bertz CT molecular complexity index is 893. The van der Waals surface area contributed by atoms with Gasteiger partial charge in [0, 0.05) is 5.54 Å². The molecule has 7 nitrogen and oxygen atoms in total. The summed E-state index contributed by atoms with van der Waals surface area (Å²) in [6.07, 6.45) is 2.41. The molecular weight excluding hydrogens is 404 g/mol. The van der Waals surface area contributed by atoms with Crippen molar-refractivity contribution in [1.82, 2.24) is 10.6 Å². The predicted molar refractivity (Wildman–Crippen MR) is 116 cm³/mol. The van der Waals surface area contributed by atoms with Gasteiger partial charge in [0.25, 0.3) is 10.1 Å². The quantitative estimate of drug-likeness (QED) is 0.624. The van der Waals surface area contributed by atoms with Crippen molar-refractivity contribution in [2.24, 2.45) is 0 Å². The second kappa shape index (κ2) is 11.1. The smallest absolute Gasteiger partial charge is 0.407 e. The van der Waals surface area contributed by atoms with Crippen molar-refractivity contribution in [3.63, 3.8) is 0 Å². The zero-order valence-corrected chi connectivity index (χ0v) is 18.2. The number of carbonyl (C=O) groups is 1. The number of piperidine rings is 1. The Kier molecular flexibility index (Phi) is 8.83. The molecule has 1 aliphatic heterocycles. The number of rotatable bonds is 5. The molecule has 1 fully saturated rings. The van der Waals surface area contributed by atoms with Gasteiger partial charge in [0.05, 0.1) is 11.5 Å². The van der Waals surface area contributed by atoms with Gasteiger partial charge >= 0.3 is 6.09 Å². The summed E-state index contributed by atoms with van der Waals surface area (Å²) in [4.78, 5) is 11.7. The zero-order chi connectivity index (χ0) is 22.0. The molecule has 0 unspecified atom stereocenters. The number of hydrogen-bond acceptors (Lipinski definition) is 5. The van der Waals surface area contributed by atoms with E-state index in [-0.39, 0.29) is 16.5 Å². The van der Waals surface area contributed by atoms with Crippen molar-refractivity contribution in [2.75, 3.05) is 19.7 Å². The van der Waals surface area contributed by atoms with Crippen molar-refractivity contribution in [1.29, 1.82) is 0 Å². The number of alkyl carbamates (subject to hydrolysis) is 1. The van der Waals surface area contributed by atoms with Crippen LogP contribution in [0.3, 0.4) is 0 Å². The molecule has 3 rings (SSSR count). The molecule has 30 heavy (non-hydrogen) atoms. The van der Waals surface area contributed by atoms with Crippen LogP contribution in [0.5, 0.6) is 0 Å². The summed E-state index contributed by atoms with van der Waals surface area (Å²) in [6, 6.07) is 16.3. The molecule has 164 valence electrons. The summed E-state index contributed by atoms with van der Waals surface area (Å²) in [7, 11) is -4.02. The lowest BCUT2D eigenvalue weighted by Gasteiger charge is -2.38. The van der Waals surface area contributed by atoms with Crippen LogP contribution in [0.15, 0.2) is 59.5 Å². The fourth-order valence-corrected chi connectivity index (χ4v) is 3.81. The van der Waals surface area contributed by atoms with Gasteiger partial charge < -0.3 is 15.4 Å². The first kappa shape index (κ1) is 23.9. The van der Waals surface area contributed by atoms with Gasteiger partial charge in [-0.3, -0.25) is 4.55 Å². The number of ether oxygens (including phenoxy) is 1. The van der Waals surface area contributed by atoms with Crippen molar-refractivity contribution < 1.29 is 22.5 Å². The highest BCUT2D eigenvalue weighted by atomic mass is 32.2. The van der Waals surface area contributed by atoms with Gasteiger partial charge in [-0.15, -0.1) is 0 Å². The Labute approximate surface area is 178 Å². The van der Waals surface area contributed by atoms with Crippen LogP contribution >= 0.6 is 0 Å². The molecule has 2 aromatic carbocycles. The number of benzene rings is 2. The van der Waals surface area contributed by atoms with Gasteiger partial charge in [0.15, 0.2) is 0 Å². The Balaban J connectivity index is 0.000000248. The molecule has 0 aliphatic carbocycles. The molecule has 1 amide bonds. The first-order chi connectivity index (χ1) is 14.2. The minimum atomic E-state index is -4.02. The van der Waals surface area contributed by atoms with Crippen molar-refractivity contribution >= 4 is 16.2 Å². The van der Waals surface area contributed by atoms with Crippen LogP contribution in [0, 0.1) is 6.92 Å². The third kappa shape index (κ3) is 7.78. The van der Waals surface area contributed by atoms with Gasteiger partial charge in [-0.25, -0.2) is 4.79 Å². The molecule has 0 aromatic heterocycles. The molecule has 0 atom stereocenters. The van der Waals surface area contributed by atoms with Crippen LogP contribution in [-0.4, -0.2) is 44.3 Å². The number of nitrogens with one attached hydrogen (secondary N) is 2. The van der Waals surface area contributed by atoms with E-state index >= 15 is 0 Å². The topological polar surface area (TPSA) is 105 Å². The second-order valence-corrected chi connectivity index (χ2v) is 8.75. The van der Waals surface area contributed by atoms with Crippen LogP contribution in [0.1, 0.15) is 30.9 Å². The van der Waals surface area contributed by atoms with Crippen LogP contribution in [0.2, 0.25) is 0 Å². The van der Waals surface area contributed by atoms with E-state index in [1.165, 1.54) is 17.7 Å². The van der Waals surface area contributed by atoms with E-state index in [1.54, 1.807) is 12.1 Å². The molecule has 0 saturated carbocycles. The Morgan fingerprint density at radius 3 is 2.23 bits per heavy atom. The summed E-state index contributed by atoms with van der Waals surface area (Å²) in [6.45, 7) is 5.93. The number of carbonyl (C=O) groups excluding carboxylic acids is 1. The van der Waals surface area contributed by atoms with Crippen molar-refractivity contribution in [3.05, 3.63) is 65.7 Å². The minimum Gasteiger partial charge on any atom is -0.450 e. The maximum atomic E-state index is 11.8. The van der Waals surface area contributed by atoms with E-state index in [2.05, 4.69) is 22.8 Å². The predicted octanol–water partition coefficient (Wildman–Crippen LogP) is 3.34. The molecule has 0 radical (unpaired) electrons. The third-order valence-corrected chi connectivity index (χ3v) is 5.78. The van der Waals surface area contributed by atoms with Gasteiger partial charge in [-0.2, -0.15) is 8.42 Å². The van der Waals surface area contributed by atoms with Crippen molar-refractivity contribution in [2.45, 2.75) is 43.5 Å². The summed E-state index contributed by atoms with van der Waals surface area (Å²) >= 11 is 0. The maximum Gasteiger partial charge on any atom is 0.407 e. The molecule has 8 heteroatoms. The standard InChI is InChI=1S/C15H22N2O2.C7H8O3S/c1-2-19-14(18)17-15(8-10-16-11-9-15)12-13-6-4-3-5-7-13;1-6-2-4-7(5-3-6)11(8,9)10/h3-7,16H,2,8-12H2,1H3,(H,17,18);2-5H,1H3,(H,8,9,10). The summed E-state index contributed by atoms with van der Waals surface area (Å²) in [5.74, 6) is 0. The normalized spacial score (nSPS) is 15.4. The highest BCUT2D eigenvalue weighted by Crippen LogP contribution is 2.24. The molecule has 2 aromatic rings. The Morgan fingerprint density at radius 1 is 1.10 bits per heavy atom. The SMILES string of the molecule is CCOC(=O)NC1(Cc2ccccc2)CCNCC1.Cc1ccc(S(=O)(=O)O)cc1. The summed E-state index contributed by atoms with van der Waals surface area (Å²) in [5.41, 5.74) is 2.03. The molecular formula is C22H30N2O5S. The van der Waals surface area contributed by atoms with E-state index in [9.17, 15) is 13.2 Å². The number of amides is 1. The van der Waals surface area contributed by atoms with Crippen molar-refractivity contribution in [3.8, 4) is 0 Å². The first-order valence-electron chi connectivity index (χ1n) is 9.98. The van der Waals surface area contributed by atoms with Crippen LogP contribution in [0.4, 0.5) is 4.79 Å². The lowest BCUT2D eigenvalue weighted by molar-refractivity contribution is 0.129. The maximum absolute atomic E-state index is 11.8. The van der Waals surface area contributed by atoms with E-state index in [4.69, 9.17) is 9.29 Å². The Morgan fingerprint density at radius 2 is 1.70 bits per heavy atom. The second-order valence-electron chi connectivity index (χ2n) is 7.33. The zero-order valence-electron chi connectivity index (χ0n) is 17.4. The van der Waals surface area contributed by atoms with E-state index in [0.29, 0.717) is 6.61 Å². The van der Waals surface area contributed by atoms with E-state index < -0.39 is 10.1 Å². The molecule has 1 aliphatic rings.